The molecule has 0 fully saturated rings. The van der Waals surface area contributed by atoms with Crippen molar-refractivity contribution in [3.05, 3.63) is 20.9 Å². The molecule has 9 heteroatoms. The van der Waals surface area contributed by atoms with Gasteiger partial charge < -0.3 is 20.4 Å². The van der Waals surface area contributed by atoms with Gasteiger partial charge in [0.05, 0.1) is 38.5 Å². The number of pyridine rings is 1. The van der Waals surface area contributed by atoms with Crippen LogP contribution in [-0.2, 0) is 0 Å². The molecule has 0 aliphatic rings. The number of carboxylic acids is 1. The van der Waals surface area contributed by atoms with Gasteiger partial charge >= 0.3 is 5.97 Å². The SMILES string of the molecule is C[N+](C)(C)CCO.Nc1c(Cl)c(Cl)nc(C(=O)O)c1Cl. The lowest BCUT2D eigenvalue weighted by molar-refractivity contribution is -0.870. The summed E-state index contributed by atoms with van der Waals surface area (Å²) < 4.78 is 0.844. The Morgan fingerprint density at radius 1 is 1.25 bits per heavy atom. The highest BCUT2D eigenvalue weighted by Crippen LogP contribution is 2.34. The zero-order valence-corrected chi connectivity index (χ0v) is 13.6. The molecule has 1 rings (SSSR count). The van der Waals surface area contributed by atoms with Gasteiger partial charge in [0.1, 0.15) is 11.6 Å². The fourth-order valence-corrected chi connectivity index (χ4v) is 1.56. The van der Waals surface area contributed by atoms with Crippen LogP contribution in [0.5, 0.6) is 0 Å². The molecular weight excluding hydrogens is 328 g/mol. The second-order valence-corrected chi connectivity index (χ2v) is 5.95. The van der Waals surface area contributed by atoms with Gasteiger partial charge in [-0.05, 0) is 0 Å². The summed E-state index contributed by atoms with van der Waals surface area (Å²) in [6.07, 6.45) is 0. The molecule has 0 aromatic carbocycles. The number of anilines is 1. The Balaban J connectivity index is 0.000000441. The van der Waals surface area contributed by atoms with E-state index in [0.29, 0.717) is 0 Å². The second-order valence-electron chi connectivity index (χ2n) is 4.84. The maximum Gasteiger partial charge on any atom is 0.356 e. The molecule has 0 bridgehead atoms. The third kappa shape index (κ3) is 6.11. The highest BCUT2D eigenvalue weighted by atomic mass is 35.5. The molecule has 0 amide bonds. The topological polar surface area (TPSA) is 96.4 Å². The molecular formula is C11H17Cl3N3O3+. The quantitative estimate of drug-likeness (QED) is 0.575. The molecule has 0 atom stereocenters. The standard InChI is InChI=1S/C6H3Cl3N2O2.C5H14NO/c7-1-3(10)2(8)5(9)11-4(1)6(12)13;1-6(2,3)4-5-7/h(H2,10,11)(H,12,13);7H,4-5H2,1-3H3/q;+1. The molecule has 0 radical (unpaired) electrons. The first kappa shape index (κ1) is 19.2. The summed E-state index contributed by atoms with van der Waals surface area (Å²) in [6, 6.07) is 0. The van der Waals surface area contributed by atoms with Crippen LogP contribution in [0.2, 0.25) is 15.2 Å². The number of carboxylic acid groups (broad SMARTS) is 1. The summed E-state index contributed by atoms with van der Waals surface area (Å²) >= 11 is 16.6. The smallest absolute Gasteiger partial charge is 0.356 e. The van der Waals surface area contributed by atoms with E-state index in [1.165, 1.54) is 0 Å². The van der Waals surface area contributed by atoms with Gasteiger partial charge in [0, 0.05) is 0 Å². The molecule has 0 aliphatic carbocycles. The number of nitrogens with two attached hydrogens (primary N) is 1. The van der Waals surface area contributed by atoms with Crippen molar-refractivity contribution in [1.82, 2.24) is 4.98 Å². The fraction of sp³-hybridized carbons (Fsp3) is 0.455. The van der Waals surface area contributed by atoms with Crippen LogP contribution in [-0.4, -0.2) is 59.9 Å². The number of rotatable bonds is 3. The maximum absolute atomic E-state index is 10.5. The molecule has 0 spiro atoms. The lowest BCUT2D eigenvalue weighted by Crippen LogP contribution is -2.36. The first-order valence-electron chi connectivity index (χ1n) is 5.45. The molecule has 1 heterocycles. The molecule has 0 saturated carbocycles. The van der Waals surface area contributed by atoms with E-state index >= 15 is 0 Å². The van der Waals surface area contributed by atoms with Crippen molar-refractivity contribution >= 4 is 46.5 Å². The van der Waals surface area contributed by atoms with E-state index < -0.39 is 11.7 Å². The molecule has 4 N–H and O–H groups in total. The summed E-state index contributed by atoms with van der Waals surface area (Å²) in [5, 5.41) is 16.6. The van der Waals surface area contributed by atoms with Gasteiger partial charge in [-0.3, -0.25) is 0 Å². The van der Waals surface area contributed by atoms with Crippen molar-refractivity contribution < 1.29 is 19.5 Å². The number of aromatic nitrogens is 1. The molecule has 0 aliphatic heterocycles. The summed E-state index contributed by atoms with van der Waals surface area (Å²) in [7, 11) is 6.16. The third-order valence-corrected chi connectivity index (χ3v) is 3.18. The zero-order chi connectivity index (χ0) is 16.1. The Kier molecular flexibility index (Phi) is 7.54. The van der Waals surface area contributed by atoms with Crippen LogP contribution in [0.15, 0.2) is 0 Å². The predicted octanol–water partition coefficient (Wildman–Crippen LogP) is 2.01. The minimum absolute atomic E-state index is 0.0448. The number of hydrogen-bond acceptors (Lipinski definition) is 4. The van der Waals surface area contributed by atoms with E-state index in [-0.39, 0.29) is 27.5 Å². The minimum atomic E-state index is -1.31. The second kappa shape index (κ2) is 7.85. The summed E-state index contributed by atoms with van der Waals surface area (Å²) in [5.74, 6) is -1.31. The minimum Gasteiger partial charge on any atom is -0.476 e. The van der Waals surface area contributed by atoms with E-state index in [2.05, 4.69) is 26.1 Å². The molecule has 0 unspecified atom stereocenters. The van der Waals surface area contributed by atoms with E-state index in [0.717, 1.165) is 11.0 Å². The van der Waals surface area contributed by atoms with Crippen molar-refractivity contribution in [3.63, 3.8) is 0 Å². The van der Waals surface area contributed by atoms with Gasteiger partial charge in [-0.2, -0.15) is 0 Å². The van der Waals surface area contributed by atoms with E-state index in [4.69, 9.17) is 50.7 Å². The van der Waals surface area contributed by atoms with Crippen molar-refractivity contribution in [3.8, 4) is 0 Å². The molecule has 1 aromatic heterocycles. The van der Waals surface area contributed by atoms with Crippen LogP contribution in [0.3, 0.4) is 0 Å². The average molecular weight is 346 g/mol. The van der Waals surface area contributed by atoms with Gasteiger partial charge in [-0.15, -0.1) is 0 Å². The predicted molar refractivity (Wildman–Crippen MR) is 80.6 cm³/mol. The Labute approximate surface area is 132 Å². The van der Waals surface area contributed by atoms with Crippen LogP contribution < -0.4 is 5.73 Å². The Hall–Kier alpha value is -0.790. The van der Waals surface area contributed by atoms with Crippen LogP contribution in [0.25, 0.3) is 0 Å². The Morgan fingerprint density at radius 2 is 1.75 bits per heavy atom. The molecule has 6 nitrogen and oxygen atoms in total. The maximum atomic E-state index is 10.5. The number of quaternary nitrogens is 1. The van der Waals surface area contributed by atoms with E-state index in [1.807, 2.05) is 0 Å². The van der Waals surface area contributed by atoms with Crippen LogP contribution in [0.4, 0.5) is 5.69 Å². The van der Waals surface area contributed by atoms with Gasteiger partial charge in [-0.25, -0.2) is 9.78 Å². The Morgan fingerprint density at radius 3 is 2.05 bits per heavy atom. The van der Waals surface area contributed by atoms with E-state index in [9.17, 15) is 4.79 Å². The highest BCUT2D eigenvalue weighted by molar-refractivity contribution is 6.46. The first-order chi connectivity index (χ1) is 9.01. The summed E-state index contributed by atoms with van der Waals surface area (Å²) in [6.45, 7) is 1.11. The normalized spacial score (nSPS) is 10.8. The van der Waals surface area contributed by atoms with Gasteiger partial charge in [0.25, 0.3) is 0 Å². The summed E-state index contributed by atoms with van der Waals surface area (Å²) in [4.78, 5) is 14.0. The summed E-state index contributed by atoms with van der Waals surface area (Å²) in [5.41, 5.74) is 4.88. The Bertz CT molecular complexity index is 490. The number of aromatic carboxylic acids is 1. The van der Waals surface area contributed by atoms with Gasteiger partial charge in [0.15, 0.2) is 10.8 Å². The number of aliphatic hydroxyl groups excluding tert-OH is 1. The number of likely N-dealkylation sites (N-methyl/N-ethyl adjacent to an activating group) is 1. The molecule has 114 valence electrons. The van der Waals surface area contributed by atoms with Crippen molar-refractivity contribution in [2.24, 2.45) is 0 Å². The van der Waals surface area contributed by atoms with Crippen LogP contribution in [0.1, 0.15) is 10.5 Å². The number of aliphatic hydroxyl groups is 1. The largest absolute Gasteiger partial charge is 0.476 e. The third-order valence-electron chi connectivity index (χ3n) is 2.05. The number of nitrogen functional groups attached to an aromatic ring is 1. The average Bonchev–Trinajstić information content (AvgIpc) is 2.30. The van der Waals surface area contributed by atoms with E-state index in [1.54, 1.807) is 0 Å². The molecule has 20 heavy (non-hydrogen) atoms. The van der Waals surface area contributed by atoms with Crippen LogP contribution >= 0.6 is 34.8 Å². The van der Waals surface area contributed by atoms with Crippen molar-refractivity contribution in [2.45, 2.75) is 0 Å². The number of hydrogen-bond donors (Lipinski definition) is 3. The van der Waals surface area contributed by atoms with Gasteiger partial charge in [0.2, 0.25) is 0 Å². The highest BCUT2D eigenvalue weighted by Gasteiger charge is 2.18. The zero-order valence-electron chi connectivity index (χ0n) is 11.3. The number of carbonyl (C=O) groups is 1. The van der Waals surface area contributed by atoms with Crippen LogP contribution in [0, 0.1) is 0 Å². The number of halogens is 3. The lowest BCUT2D eigenvalue weighted by Gasteiger charge is -2.21. The molecule has 1 aromatic rings. The van der Waals surface area contributed by atoms with Crippen molar-refractivity contribution in [2.75, 3.05) is 40.0 Å². The monoisotopic (exact) mass is 344 g/mol. The number of nitrogens with zero attached hydrogens (tertiary/aromatic N) is 2. The van der Waals surface area contributed by atoms with Gasteiger partial charge in [-0.1, -0.05) is 34.8 Å². The fourth-order valence-electron chi connectivity index (χ4n) is 0.973. The first-order valence-corrected chi connectivity index (χ1v) is 6.59. The van der Waals surface area contributed by atoms with Crippen molar-refractivity contribution in [1.29, 1.82) is 0 Å². The molecule has 0 saturated heterocycles. The lowest BCUT2D eigenvalue weighted by atomic mass is 10.3.